The van der Waals surface area contributed by atoms with E-state index in [1.165, 1.54) is 37.7 Å². The summed E-state index contributed by atoms with van der Waals surface area (Å²) in [4.78, 5) is 0. The molecule has 106 valence electrons. The van der Waals surface area contributed by atoms with Crippen molar-refractivity contribution in [1.29, 1.82) is 0 Å². The van der Waals surface area contributed by atoms with Crippen LogP contribution in [0.15, 0.2) is 22.7 Å². The zero-order valence-corrected chi connectivity index (χ0v) is 14.1. The quantitative estimate of drug-likeness (QED) is 0.752. The van der Waals surface area contributed by atoms with Crippen molar-refractivity contribution in [2.75, 3.05) is 7.05 Å². The van der Waals surface area contributed by atoms with Gasteiger partial charge in [-0.2, -0.15) is 0 Å². The highest BCUT2D eigenvalue weighted by Crippen LogP contribution is 2.42. The first kappa shape index (κ1) is 15.3. The molecule has 1 aliphatic rings. The van der Waals surface area contributed by atoms with Crippen LogP contribution < -0.4 is 5.32 Å². The molecular formula is C16H23BrClN. The Balaban J connectivity index is 2.27. The molecule has 3 atom stereocenters. The first-order chi connectivity index (χ1) is 9.17. The molecule has 0 aliphatic heterocycles. The van der Waals surface area contributed by atoms with E-state index < -0.39 is 0 Å². The summed E-state index contributed by atoms with van der Waals surface area (Å²) in [5, 5.41) is 4.38. The normalized spacial score (nSPS) is 25.3. The average Bonchev–Trinajstić information content (AvgIpc) is 2.42. The minimum atomic E-state index is 0.380. The lowest BCUT2D eigenvalue weighted by atomic mass is 9.72. The van der Waals surface area contributed by atoms with Crippen molar-refractivity contribution < 1.29 is 0 Å². The highest BCUT2D eigenvalue weighted by atomic mass is 79.9. The Morgan fingerprint density at radius 1 is 1.37 bits per heavy atom. The summed E-state index contributed by atoms with van der Waals surface area (Å²) < 4.78 is 1.05. The van der Waals surface area contributed by atoms with Crippen molar-refractivity contribution in [2.45, 2.75) is 45.1 Å². The van der Waals surface area contributed by atoms with Crippen LogP contribution in [-0.2, 0) is 0 Å². The first-order valence-corrected chi connectivity index (χ1v) is 8.46. The van der Waals surface area contributed by atoms with Gasteiger partial charge >= 0.3 is 0 Å². The third-order valence-electron chi connectivity index (χ3n) is 4.53. The van der Waals surface area contributed by atoms with Gasteiger partial charge in [-0.1, -0.05) is 66.2 Å². The van der Waals surface area contributed by atoms with E-state index in [0.29, 0.717) is 12.0 Å². The molecule has 3 heteroatoms. The van der Waals surface area contributed by atoms with Gasteiger partial charge < -0.3 is 5.32 Å². The second-order valence-corrected chi connectivity index (χ2v) is 6.87. The van der Waals surface area contributed by atoms with E-state index in [9.17, 15) is 0 Å². The van der Waals surface area contributed by atoms with Gasteiger partial charge in [0.15, 0.2) is 0 Å². The lowest BCUT2D eigenvalue weighted by Gasteiger charge is -2.37. The number of hydrogen-bond acceptors (Lipinski definition) is 1. The Kier molecular flexibility index (Phi) is 5.73. The number of halogens is 2. The lowest BCUT2D eigenvalue weighted by Crippen LogP contribution is -2.32. The molecular weight excluding hydrogens is 322 g/mol. The standard InChI is InChI=1S/C16H23BrClN/c1-3-11-6-4-5-7-13(11)16(19-2)14-9-8-12(17)10-15(14)18/h8-11,13,16,19H,3-7H2,1-2H3. The maximum atomic E-state index is 6.44. The van der Waals surface area contributed by atoms with Gasteiger partial charge in [-0.3, -0.25) is 0 Å². The fraction of sp³-hybridized carbons (Fsp3) is 0.625. The molecule has 1 nitrogen and oxygen atoms in total. The average molecular weight is 345 g/mol. The van der Waals surface area contributed by atoms with E-state index in [0.717, 1.165) is 15.4 Å². The monoisotopic (exact) mass is 343 g/mol. The largest absolute Gasteiger partial charge is 0.313 e. The van der Waals surface area contributed by atoms with Gasteiger partial charge in [0.25, 0.3) is 0 Å². The van der Waals surface area contributed by atoms with Gasteiger partial charge in [0, 0.05) is 15.5 Å². The first-order valence-electron chi connectivity index (χ1n) is 7.29. The van der Waals surface area contributed by atoms with Crippen LogP contribution in [0.25, 0.3) is 0 Å². The molecule has 1 fully saturated rings. The van der Waals surface area contributed by atoms with E-state index in [-0.39, 0.29) is 0 Å². The summed E-state index contributed by atoms with van der Waals surface area (Å²) in [6.45, 7) is 2.32. The predicted molar refractivity (Wildman–Crippen MR) is 86.7 cm³/mol. The fourth-order valence-electron chi connectivity index (χ4n) is 3.54. The smallest absolute Gasteiger partial charge is 0.0465 e. The van der Waals surface area contributed by atoms with Crippen LogP contribution in [0, 0.1) is 11.8 Å². The maximum absolute atomic E-state index is 6.44. The molecule has 0 aromatic heterocycles. The SMILES string of the molecule is CCC1CCCCC1C(NC)c1ccc(Br)cc1Cl. The van der Waals surface area contributed by atoms with Crippen molar-refractivity contribution in [2.24, 2.45) is 11.8 Å². The van der Waals surface area contributed by atoms with Crippen molar-refractivity contribution in [3.05, 3.63) is 33.3 Å². The summed E-state index contributed by atoms with van der Waals surface area (Å²) in [5.41, 5.74) is 1.25. The molecule has 1 aromatic carbocycles. The molecule has 0 spiro atoms. The Bertz CT molecular complexity index is 421. The summed E-state index contributed by atoms with van der Waals surface area (Å²) in [7, 11) is 2.06. The van der Waals surface area contributed by atoms with E-state index in [4.69, 9.17) is 11.6 Å². The molecule has 1 aliphatic carbocycles. The van der Waals surface area contributed by atoms with E-state index >= 15 is 0 Å². The van der Waals surface area contributed by atoms with Crippen molar-refractivity contribution in [3.63, 3.8) is 0 Å². The van der Waals surface area contributed by atoms with Crippen LogP contribution in [0.2, 0.25) is 5.02 Å². The third-order valence-corrected chi connectivity index (χ3v) is 5.35. The predicted octanol–water partition coefficient (Wildman–Crippen LogP) is 5.58. The summed E-state index contributed by atoms with van der Waals surface area (Å²) in [6, 6.07) is 6.64. The van der Waals surface area contributed by atoms with Crippen molar-refractivity contribution in [3.8, 4) is 0 Å². The number of hydrogen-bond donors (Lipinski definition) is 1. The van der Waals surface area contributed by atoms with Gasteiger partial charge in [0.1, 0.15) is 0 Å². The van der Waals surface area contributed by atoms with Gasteiger partial charge in [0.2, 0.25) is 0 Å². The van der Waals surface area contributed by atoms with Gasteiger partial charge in [-0.25, -0.2) is 0 Å². The molecule has 1 N–H and O–H groups in total. The van der Waals surface area contributed by atoms with E-state index in [1.54, 1.807) is 0 Å². The van der Waals surface area contributed by atoms with Crippen LogP contribution in [0.5, 0.6) is 0 Å². The zero-order valence-electron chi connectivity index (χ0n) is 11.8. The van der Waals surface area contributed by atoms with Gasteiger partial charge in [-0.15, -0.1) is 0 Å². The minimum Gasteiger partial charge on any atom is -0.313 e. The molecule has 2 rings (SSSR count). The molecule has 3 unspecified atom stereocenters. The number of nitrogens with one attached hydrogen (secondary N) is 1. The fourth-order valence-corrected chi connectivity index (χ4v) is 4.33. The van der Waals surface area contributed by atoms with Crippen LogP contribution in [0.4, 0.5) is 0 Å². The van der Waals surface area contributed by atoms with Crippen LogP contribution >= 0.6 is 27.5 Å². The third kappa shape index (κ3) is 3.53. The minimum absolute atomic E-state index is 0.380. The van der Waals surface area contributed by atoms with Crippen molar-refractivity contribution >= 4 is 27.5 Å². The number of benzene rings is 1. The summed E-state index contributed by atoms with van der Waals surface area (Å²) in [6.07, 6.45) is 6.70. The molecule has 1 aromatic rings. The van der Waals surface area contributed by atoms with Crippen molar-refractivity contribution in [1.82, 2.24) is 5.32 Å². The Hall–Kier alpha value is -0.0500. The Morgan fingerprint density at radius 3 is 2.74 bits per heavy atom. The zero-order chi connectivity index (χ0) is 13.8. The Labute approximate surface area is 130 Å². The maximum Gasteiger partial charge on any atom is 0.0465 e. The number of rotatable bonds is 4. The van der Waals surface area contributed by atoms with E-state index in [2.05, 4.69) is 47.4 Å². The highest BCUT2D eigenvalue weighted by molar-refractivity contribution is 9.10. The Morgan fingerprint density at radius 2 is 2.11 bits per heavy atom. The van der Waals surface area contributed by atoms with Gasteiger partial charge in [0.05, 0.1) is 0 Å². The molecule has 0 radical (unpaired) electrons. The van der Waals surface area contributed by atoms with Crippen LogP contribution in [0.1, 0.15) is 50.6 Å². The molecule has 19 heavy (non-hydrogen) atoms. The van der Waals surface area contributed by atoms with Crippen LogP contribution in [0.3, 0.4) is 0 Å². The lowest BCUT2D eigenvalue weighted by molar-refractivity contribution is 0.180. The summed E-state index contributed by atoms with van der Waals surface area (Å²) in [5.74, 6) is 1.54. The highest BCUT2D eigenvalue weighted by Gasteiger charge is 2.31. The molecule has 0 heterocycles. The second-order valence-electron chi connectivity index (χ2n) is 5.55. The molecule has 1 saturated carbocycles. The summed E-state index contributed by atoms with van der Waals surface area (Å²) >= 11 is 9.93. The van der Waals surface area contributed by atoms with Crippen LogP contribution in [-0.4, -0.2) is 7.05 Å². The second kappa shape index (κ2) is 7.10. The molecule has 0 bridgehead atoms. The molecule has 0 saturated heterocycles. The van der Waals surface area contributed by atoms with E-state index in [1.807, 2.05) is 6.07 Å². The van der Waals surface area contributed by atoms with Gasteiger partial charge in [-0.05, 0) is 43.0 Å². The topological polar surface area (TPSA) is 12.0 Å². The molecule has 0 amide bonds.